The van der Waals surface area contributed by atoms with Gasteiger partial charge in [-0.15, -0.1) is 0 Å². The molecular weight excluding hydrogens is 268 g/mol. The first-order chi connectivity index (χ1) is 10.3. The molecule has 0 atom stereocenters. The van der Waals surface area contributed by atoms with Crippen LogP contribution in [-0.2, 0) is 4.79 Å². The molecule has 0 radical (unpaired) electrons. The SMILES string of the molecule is CCCOc1ccccc1OCC(=O)Nc1ccccn1. The van der Waals surface area contributed by atoms with Crippen LogP contribution in [0.25, 0.3) is 0 Å². The highest BCUT2D eigenvalue weighted by atomic mass is 16.5. The summed E-state index contributed by atoms with van der Waals surface area (Å²) in [5, 5.41) is 2.66. The summed E-state index contributed by atoms with van der Waals surface area (Å²) in [6.07, 6.45) is 2.53. The fourth-order valence-electron chi connectivity index (χ4n) is 1.66. The topological polar surface area (TPSA) is 60.5 Å². The second kappa shape index (κ2) is 7.89. The van der Waals surface area contributed by atoms with Gasteiger partial charge in [-0.25, -0.2) is 4.98 Å². The lowest BCUT2D eigenvalue weighted by atomic mass is 10.3. The molecule has 1 N–H and O–H groups in total. The van der Waals surface area contributed by atoms with Crippen LogP contribution >= 0.6 is 0 Å². The number of carbonyl (C=O) groups is 1. The Morgan fingerprint density at radius 3 is 2.48 bits per heavy atom. The maximum absolute atomic E-state index is 11.8. The Kier molecular flexibility index (Phi) is 5.58. The van der Waals surface area contributed by atoms with Crippen molar-refractivity contribution in [2.24, 2.45) is 0 Å². The predicted octanol–water partition coefficient (Wildman–Crippen LogP) is 2.89. The van der Waals surface area contributed by atoms with Crippen molar-refractivity contribution in [3.63, 3.8) is 0 Å². The van der Waals surface area contributed by atoms with Crippen molar-refractivity contribution in [3.05, 3.63) is 48.7 Å². The second-order valence-electron chi connectivity index (χ2n) is 4.35. The second-order valence-corrected chi connectivity index (χ2v) is 4.35. The summed E-state index contributed by atoms with van der Waals surface area (Å²) in [7, 11) is 0. The van der Waals surface area contributed by atoms with E-state index >= 15 is 0 Å². The summed E-state index contributed by atoms with van der Waals surface area (Å²) in [4.78, 5) is 15.8. The number of amides is 1. The van der Waals surface area contributed by atoms with E-state index in [9.17, 15) is 4.79 Å². The number of rotatable bonds is 7. The monoisotopic (exact) mass is 286 g/mol. The standard InChI is InChI=1S/C16H18N2O3/c1-2-11-20-13-7-3-4-8-14(13)21-12-16(19)18-15-9-5-6-10-17-15/h3-10H,2,11-12H2,1H3,(H,17,18,19). The van der Waals surface area contributed by atoms with Crippen molar-refractivity contribution in [2.75, 3.05) is 18.5 Å². The van der Waals surface area contributed by atoms with Crippen molar-refractivity contribution in [1.29, 1.82) is 0 Å². The molecule has 110 valence electrons. The Morgan fingerprint density at radius 2 is 1.81 bits per heavy atom. The zero-order valence-electron chi connectivity index (χ0n) is 11.9. The molecule has 5 nitrogen and oxygen atoms in total. The third-order valence-corrected chi connectivity index (χ3v) is 2.60. The van der Waals surface area contributed by atoms with E-state index in [0.717, 1.165) is 6.42 Å². The number of benzene rings is 1. The minimum Gasteiger partial charge on any atom is -0.490 e. The zero-order valence-corrected chi connectivity index (χ0v) is 11.9. The van der Waals surface area contributed by atoms with Gasteiger partial charge in [0.2, 0.25) is 0 Å². The van der Waals surface area contributed by atoms with Crippen molar-refractivity contribution in [2.45, 2.75) is 13.3 Å². The number of para-hydroxylation sites is 2. The normalized spacial score (nSPS) is 9.95. The number of nitrogens with zero attached hydrogens (tertiary/aromatic N) is 1. The van der Waals surface area contributed by atoms with Crippen LogP contribution in [0.15, 0.2) is 48.7 Å². The van der Waals surface area contributed by atoms with Crippen LogP contribution < -0.4 is 14.8 Å². The number of pyridine rings is 1. The number of nitrogens with one attached hydrogen (secondary N) is 1. The first kappa shape index (κ1) is 14.8. The molecule has 2 aromatic rings. The summed E-state index contributed by atoms with van der Waals surface area (Å²) in [6, 6.07) is 12.6. The molecule has 1 aromatic heterocycles. The summed E-state index contributed by atoms with van der Waals surface area (Å²) < 4.78 is 11.1. The maximum atomic E-state index is 11.8. The zero-order chi connectivity index (χ0) is 14.9. The molecule has 0 unspecified atom stereocenters. The number of hydrogen-bond donors (Lipinski definition) is 1. The van der Waals surface area contributed by atoms with E-state index in [2.05, 4.69) is 10.3 Å². The lowest BCUT2D eigenvalue weighted by molar-refractivity contribution is -0.118. The summed E-state index contributed by atoms with van der Waals surface area (Å²) in [5.74, 6) is 1.44. The molecule has 5 heteroatoms. The molecule has 1 amide bonds. The lowest BCUT2D eigenvalue weighted by Crippen LogP contribution is -2.20. The van der Waals surface area contributed by atoms with Crippen molar-refractivity contribution in [1.82, 2.24) is 4.98 Å². The van der Waals surface area contributed by atoms with Gasteiger partial charge in [0.15, 0.2) is 18.1 Å². The molecule has 0 spiro atoms. The number of aromatic nitrogens is 1. The maximum Gasteiger partial charge on any atom is 0.263 e. The quantitative estimate of drug-likeness (QED) is 0.850. The molecule has 0 saturated carbocycles. The van der Waals surface area contributed by atoms with Crippen LogP contribution in [-0.4, -0.2) is 24.1 Å². The van der Waals surface area contributed by atoms with Crippen molar-refractivity contribution in [3.8, 4) is 11.5 Å². The van der Waals surface area contributed by atoms with Gasteiger partial charge in [-0.1, -0.05) is 25.1 Å². The van der Waals surface area contributed by atoms with E-state index in [1.807, 2.05) is 25.1 Å². The van der Waals surface area contributed by atoms with Gasteiger partial charge in [-0.2, -0.15) is 0 Å². The smallest absolute Gasteiger partial charge is 0.263 e. The van der Waals surface area contributed by atoms with Crippen molar-refractivity contribution >= 4 is 11.7 Å². The van der Waals surface area contributed by atoms with Gasteiger partial charge < -0.3 is 14.8 Å². The van der Waals surface area contributed by atoms with E-state index in [1.165, 1.54) is 0 Å². The molecule has 0 aliphatic rings. The minimum absolute atomic E-state index is 0.0942. The average Bonchev–Trinajstić information content (AvgIpc) is 2.52. The van der Waals surface area contributed by atoms with Gasteiger partial charge in [-0.3, -0.25) is 4.79 Å². The number of hydrogen-bond acceptors (Lipinski definition) is 4. The predicted molar refractivity (Wildman–Crippen MR) is 80.6 cm³/mol. The molecule has 0 saturated heterocycles. The molecule has 2 rings (SSSR count). The minimum atomic E-state index is -0.265. The van der Waals surface area contributed by atoms with Crippen LogP contribution in [0.4, 0.5) is 5.82 Å². The summed E-state index contributed by atoms with van der Waals surface area (Å²) in [6.45, 7) is 2.55. The van der Waals surface area contributed by atoms with Gasteiger partial charge in [0.1, 0.15) is 5.82 Å². The molecule has 0 fully saturated rings. The van der Waals surface area contributed by atoms with Crippen LogP contribution in [0.1, 0.15) is 13.3 Å². The van der Waals surface area contributed by atoms with Gasteiger partial charge in [0, 0.05) is 6.20 Å². The van der Waals surface area contributed by atoms with E-state index in [1.54, 1.807) is 30.5 Å². The van der Waals surface area contributed by atoms with Gasteiger partial charge in [-0.05, 0) is 30.7 Å². The highest BCUT2D eigenvalue weighted by Gasteiger charge is 2.08. The van der Waals surface area contributed by atoms with Crippen LogP contribution in [0.2, 0.25) is 0 Å². The van der Waals surface area contributed by atoms with E-state index in [-0.39, 0.29) is 12.5 Å². The third-order valence-electron chi connectivity index (χ3n) is 2.60. The fraction of sp³-hybridized carbons (Fsp3) is 0.250. The van der Waals surface area contributed by atoms with E-state index in [0.29, 0.717) is 23.9 Å². The van der Waals surface area contributed by atoms with Crippen LogP contribution in [0.5, 0.6) is 11.5 Å². The first-order valence-corrected chi connectivity index (χ1v) is 6.85. The summed E-state index contributed by atoms with van der Waals surface area (Å²) >= 11 is 0. The first-order valence-electron chi connectivity index (χ1n) is 6.85. The highest BCUT2D eigenvalue weighted by Crippen LogP contribution is 2.26. The molecule has 0 bridgehead atoms. The van der Waals surface area contributed by atoms with Crippen LogP contribution in [0, 0.1) is 0 Å². The Morgan fingerprint density at radius 1 is 1.10 bits per heavy atom. The van der Waals surface area contributed by atoms with Crippen LogP contribution in [0.3, 0.4) is 0 Å². The molecule has 0 aliphatic heterocycles. The molecule has 1 heterocycles. The van der Waals surface area contributed by atoms with E-state index in [4.69, 9.17) is 9.47 Å². The molecule has 21 heavy (non-hydrogen) atoms. The lowest BCUT2D eigenvalue weighted by Gasteiger charge is -2.12. The Hall–Kier alpha value is -2.56. The Balaban J connectivity index is 1.89. The Labute approximate surface area is 123 Å². The average molecular weight is 286 g/mol. The number of carbonyl (C=O) groups excluding carboxylic acids is 1. The molecular formula is C16H18N2O3. The largest absolute Gasteiger partial charge is 0.490 e. The number of anilines is 1. The van der Waals surface area contributed by atoms with Gasteiger partial charge >= 0.3 is 0 Å². The highest BCUT2D eigenvalue weighted by molar-refractivity contribution is 5.90. The fourth-order valence-corrected chi connectivity index (χ4v) is 1.66. The third kappa shape index (κ3) is 4.80. The van der Waals surface area contributed by atoms with Crippen molar-refractivity contribution < 1.29 is 14.3 Å². The van der Waals surface area contributed by atoms with Gasteiger partial charge in [0.25, 0.3) is 5.91 Å². The Bertz CT molecular complexity index is 573. The number of ether oxygens (including phenoxy) is 2. The summed E-state index contributed by atoms with van der Waals surface area (Å²) in [5.41, 5.74) is 0. The van der Waals surface area contributed by atoms with E-state index < -0.39 is 0 Å². The van der Waals surface area contributed by atoms with Gasteiger partial charge in [0.05, 0.1) is 6.61 Å². The molecule has 0 aliphatic carbocycles. The molecule has 1 aromatic carbocycles.